The molecule has 0 aliphatic carbocycles. The highest BCUT2D eigenvalue weighted by Gasteiger charge is 2.10. The summed E-state index contributed by atoms with van der Waals surface area (Å²) in [6.45, 7) is 4.69. The molecule has 2 aromatic rings. The average Bonchev–Trinajstić information content (AvgIpc) is 2.60. The van der Waals surface area contributed by atoms with Crippen LogP contribution in [0.15, 0.2) is 36.7 Å². The lowest BCUT2D eigenvalue weighted by Gasteiger charge is -2.11. The van der Waals surface area contributed by atoms with Crippen LogP contribution in [-0.4, -0.2) is 30.4 Å². The van der Waals surface area contributed by atoms with Crippen molar-refractivity contribution >= 4 is 23.8 Å². The van der Waals surface area contributed by atoms with Crippen molar-refractivity contribution in [2.75, 3.05) is 13.2 Å². The maximum atomic E-state index is 10.7. The van der Waals surface area contributed by atoms with Crippen LogP contribution < -0.4 is 15.2 Å². The second-order valence-electron chi connectivity index (χ2n) is 4.42. The lowest BCUT2D eigenvalue weighted by atomic mass is 10.2. The summed E-state index contributed by atoms with van der Waals surface area (Å²) in [5, 5.41) is 0.407. The Morgan fingerprint density at radius 1 is 1.25 bits per heavy atom. The second kappa shape index (κ2) is 10.2. The number of nitrogens with zero attached hydrogens (tertiary/aromatic N) is 1. The van der Waals surface area contributed by atoms with Crippen molar-refractivity contribution in [3.05, 3.63) is 52.8 Å². The lowest BCUT2D eigenvalue weighted by molar-refractivity contribution is 0.0999. The molecule has 0 radical (unpaired) electrons. The fourth-order valence-electron chi connectivity index (χ4n) is 1.69. The van der Waals surface area contributed by atoms with E-state index in [9.17, 15) is 9.59 Å². The van der Waals surface area contributed by atoms with E-state index < -0.39 is 5.91 Å². The molecule has 1 amide bonds. The zero-order chi connectivity index (χ0) is 17.9. The van der Waals surface area contributed by atoms with Gasteiger partial charge in [0.2, 0.25) is 5.91 Å². The van der Waals surface area contributed by atoms with Crippen molar-refractivity contribution in [2.45, 2.75) is 13.8 Å². The molecule has 1 aromatic carbocycles. The molecule has 0 unspecified atom stereocenters. The molecule has 1 aromatic heterocycles. The Hall–Kier alpha value is -2.60. The minimum Gasteiger partial charge on any atom is -0.492 e. The Bertz CT molecular complexity index is 651. The summed E-state index contributed by atoms with van der Waals surface area (Å²) < 4.78 is 10.6. The Labute approximate surface area is 145 Å². The molecule has 1 heterocycles. The van der Waals surface area contributed by atoms with Gasteiger partial charge in [0.1, 0.15) is 22.8 Å². The number of amides is 1. The molecule has 0 spiro atoms. The topological polar surface area (TPSA) is 91.5 Å². The zero-order valence-electron chi connectivity index (χ0n) is 13.5. The van der Waals surface area contributed by atoms with Gasteiger partial charge in [-0.2, -0.15) is 0 Å². The van der Waals surface area contributed by atoms with Crippen LogP contribution in [0.1, 0.15) is 34.6 Å². The van der Waals surface area contributed by atoms with Crippen molar-refractivity contribution in [2.24, 2.45) is 5.73 Å². The number of aromatic nitrogens is 1. The molecule has 0 atom stereocenters. The molecule has 24 heavy (non-hydrogen) atoms. The third kappa shape index (κ3) is 5.89. The molecule has 2 rings (SSSR count). The van der Waals surface area contributed by atoms with Gasteiger partial charge in [0.25, 0.3) is 0 Å². The van der Waals surface area contributed by atoms with Gasteiger partial charge in [-0.3, -0.25) is 14.6 Å². The van der Waals surface area contributed by atoms with Crippen molar-refractivity contribution in [1.82, 2.24) is 4.98 Å². The van der Waals surface area contributed by atoms with Gasteiger partial charge in [-0.1, -0.05) is 11.6 Å². The van der Waals surface area contributed by atoms with Gasteiger partial charge in [-0.05, 0) is 38.1 Å². The monoisotopic (exact) mass is 350 g/mol. The summed E-state index contributed by atoms with van der Waals surface area (Å²) in [5.74, 6) is 0.516. The van der Waals surface area contributed by atoms with E-state index in [1.807, 2.05) is 13.8 Å². The van der Waals surface area contributed by atoms with Crippen molar-refractivity contribution < 1.29 is 19.1 Å². The van der Waals surface area contributed by atoms with Gasteiger partial charge in [-0.25, -0.2) is 0 Å². The van der Waals surface area contributed by atoms with Crippen LogP contribution in [0.25, 0.3) is 0 Å². The molecule has 6 nitrogen and oxygen atoms in total. The highest BCUT2D eigenvalue weighted by atomic mass is 35.5. The molecule has 0 saturated heterocycles. The van der Waals surface area contributed by atoms with Crippen molar-refractivity contribution in [1.29, 1.82) is 0 Å². The molecular formula is C17H19ClN2O4. The summed E-state index contributed by atoms with van der Waals surface area (Å²) in [5.41, 5.74) is 5.87. The predicted molar refractivity (Wildman–Crippen MR) is 91.9 cm³/mol. The van der Waals surface area contributed by atoms with Gasteiger partial charge in [-0.15, -0.1) is 0 Å². The first-order valence-electron chi connectivity index (χ1n) is 7.27. The number of carbonyl (C=O) groups excluding carboxylic acids is 2. The van der Waals surface area contributed by atoms with Gasteiger partial charge < -0.3 is 15.2 Å². The lowest BCUT2D eigenvalue weighted by Crippen LogP contribution is -2.10. The van der Waals surface area contributed by atoms with Crippen LogP contribution in [0.3, 0.4) is 0 Å². The Kier molecular flexibility index (Phi) is 8.29. The largest absolute Gasteiger partial charge is 0.492 e. The number of hydrogen-bond donors (Lipinski definition) is 1. The summed E-state index contributed by atoms with van der Waals surface area (Å²) in [6.07, 6.45) is 3.76. The van der Waals surface area contributed by atoms with Crippen molar-refractivity contribution in [3.63, 3.8) is 0 Å². The summed E-state index contributed by atoms with van der Waals surface area (Å²) in [4.78, 5) is 24.8. The first kappa shape index (κ1) is 19.4. The molecule has 0 saturated carbocycles. The quantitative estimate of drug-likeness (QED) is 0.808. The number of pyridine rings is 1. The molecule has 7 heteroatoms. The van der Waals surface area contributed by atoms with Crippen LogP contribution in [0.4, 0.5) is 0 Å². The van der Waals surface area contributed by atoms with E-state index in [1.54, 1.807) is 30.5 Å². The van der Waals surface area contributed by atoms with Crippen LogP contribution in [-0.2, 0) is 0 Å². The van der Waals surface area contributed by atoms with Crippen molar-refractivity contribution in [3.8, 4) is 11.5 Å². The van der Waals surface area contributed by atoms with E-state index in [-0.39, 0.29) is 0 Å². The SMILES string of the molecule is CCOc1cc(C=O)cc(OCC)c1Cl.NC(=O)c1cccnc1. The van der Waals surface area contributed by atoms with Gasteiger partial charge in [0.05, 0.1) is 18.8 Å². The molecule has 0 aliphatic rings. The van der Waals surface area contributed by atoms with Crippen LogP contribution in [0.5, 0.6) is 11.5 Å². The first-order valence-corrected chi connectivity index (χ1v) is 7.65. The third-order valence-corrected chi connectivity index (χ3v) is 3.08. The average molecular weight is 351 g/mol. The van der Waals surface area contributed by atoms with Gasteiger partial charge in [0, 0.05) is 18.0 Å². The van der Waals surface area contributed by atoms with E-state index in [0.717, 1.165) is 6.29 Å². The maximum Gasteiger partial charge on any atom is 0.250 e. The third-order valence-electron chi connectivity index (χ3n) is 2.71. The summed E-state index contributed by atoms with van der Waals surface area (Å²) in [6, 6.07) is 6.48. The van der Waals surface area contributed by atoms with Crippen LogP contribution in [0, 0.1) is 0 Å². The van der Waals surface area contributed by atoms with Gasteiger partial charge >= 0.3 is 0 Å². The summed E-state index contributed by atoms with van der Waals surface area (Å²) >= 11 is 6.03. The number of benzene rings is 1. The van der Waals surface area contributed by atoms with E-state index in [0.29, 0.717) is 40.9 Å². The number of carbonyl (C=O) groups is 2. The number of rotatable bonds is 6. The second-order valence-corrected chi connectivity index (χ2v) is 4.80. The Balaban J connectivity index is 0.000000272. The molecule has 128 valence electrons. The number of primary amides is 1. The van der Waals surface area contributed by atoms with Crippen LogP contribution in [0.2, 0.25) is 5.02 Å². The number of halogens is 1. The number of hydrogen-bond acceptors (Lipinski definition) is 5. The van der Waals surface area contributed by atoms with E-state index in [2.05, 4.69) is 4.98 Å². The van der Waals surface area contributed by atoms with E-state index in [1.165, 1.54) is 6.20 Å². The number of aldehydes is 1. The smallest absolute Gasteiger partial charge is 0.250 e. The molecule has 2 N–H and O–H groups in total. The minimum atomic E-state index is -0.442. The zero-order valence-corrected chi connectivity index (χ0v) is 14.2. The Morgan fingerprint density at radius 3 is 2.17 bits per heavy atom. The van der Waals surface area contributed by atoms with E-state index >= 15 is 0 Å². The number of ether oxygens (including phenoxy) is 2. The molecule has 0 bridgehead atoms. The van der Waals surface area contributed by atoms with Gasteiger partial charge in [0.15, 0.2) is 0 Å². The molecular weight excluding hydrogens is 332 g/mol. The Morgan fingerprint density at radius 2 is 1.83 bits per heavy atom. The minimum absolute atomic E-state index is 0.407. The molecule has 0 aliphatic heterocycles. The number of nitrogens with two attached hydrogens (primary N) is 1. The fourth-order valence-corrected chi connectivity index (χ4v) is 1.91. The fraction of sp³-hybridized carbons (Fsp3) is 0.235. The first-order chi connectivity index (χ1) is 11.5. The highest BCUT2D eigenvalue weighted by Crippen LogP contribution is 2.35. The highest BCUT2D eigenvalue weighted by molar-refractivity contribution is 6.33. The van der Waals surface area contributed by atoms with E-state index in [4.69, 9.17) is 26.8 Å². The standard InChI is InChI=1S/C11H13ClO3.C6H6N2O/c1-3-14-9-5-8(7-13)6-10(11(9)12)15-4-2;7-6(9)5-2-1-3-8-4-5/h5-7H,3-4H2,1-2H3;1-4H,(H2,7,9). The summed E-state index contributed by atoms with van der Waals surface area (Å²) in [7, 11) is 0. The predicted octanol–water partition coefficient (Wildman–Crippen LogP) is 3.13. The normalized spacial score (nSPS) is 9.46. The molecule has 0 fully saturated rings. The van der Waals surface area contributed by atoms with Crippen LogP contribution >= 0.6 is 11.6 Å². The maximum absolute atomic E-state index is 10.7.